The molecule has 0 unspecified atom stereocenters. The van der Waals surface area contributed by atoms with Crippen molar-refractivity contribution in [2.24, 2.45) is 0 Å². The first-order valence-electron chi connectivity index (χ1n) is 8.55. The number of alkyl halides is 1. The molecule has 0 fully saturated rings. The Bertz CT molecular complexity index is 140. The van der Waals surface area contributed by atoms with Crippen LogP contribution in [0.3, 0.4) is 0 Å². The van der Waals surface area contributed by atoms with Gasteiger partial charge in [0, 0.05) is 12.5 Å². The molecule has 0 aromatic heterocycles. The van der Waals surface area contributed by atoms with Crippen molar-refractivity contribution in [3.8, 4) is 0 Å². The van der Waals surface area contributed by atoms with Crippen LogP contribution >= 0.6 is 11.6 Å². The van der Waals surface area contributed by atoms with Crippen LogP contribution in [0.25, 0.3) is 0 Å². The van der Waals surface area contributed by atoms with E-state index in [1.165, 1.54) is 76.7 Å². The maximum Gasteiger partial charge on any atom is 0.161 e. The molecule has 116 valence electrons. The molecule has 3 heteroatoms. The van der Waals surface area contributed by atoms with Crippen LogP contribution < -0.4 is 0 Å². The fraction of sp³-hybridized carbons (Fsp3) is 1.00. The van der Waals surface area contributed by atoms with Crippen molar-refractivity contribution >= 4 is 21.4 Å². The number of hydrogen-bond acceptors (Lipinski definition) is 1. The van der Waals surface area contributed by atoms with Gasteiger partial charge in [-0.15, -0.1) is 11.6 Å². The van der Waals surface area contributed by atoms with E-state index in [0.717, 1.165) is 18.9 Å². The Morgan fingerprint density at radius 3 is 1.79 bits per heavy atom. The molecule has 0 saturated heterocycles. The molecule has 0 aromatic rings. The van der Waals surface area contributed by atoms with Crippen LogP contribution in [0.5, 0.6) is 0 Å². The summed E-state index contributed by atoms with van der Waals surface area (Å²) in [5.41, 5.74) is 0. The first kappa shape index (κ1) is 19.5. The summed E-state index contributed by atoms with van der Waals surface area (Å²) in [6.07, 6.45) is 16.6. The summed E-state index contributed by atoms with van der Waals surface area (Å²) in [4.78, 5) is 0. The summed E-state index contributed by atoms with van der Waals surface area (Å²) in [5, 5.41) is 0. The number of halogens is 1. The summed E-state index contributed by atoms with van der Waals surface area (Å²) in [7, 11) is -0.242. The molecule has 0 bridgehead atoms. The molecule has 0 aromatic carbocycles. The van der Waals surface area contributed by atoms with Crippen LogP contribution in [0.1, 0.15) is 84.0 Å². The van der Waals surface area contributed by atoms with Gasteiger partial charge in [0.2, 0.25) is 0 Å². The highest BCUT2D eigenvalue weighted by Gasteiger charge is 1.94. The number of unbranched alkanes of at least 4 members (excludes halogenated alkanes) is 10. The van der Waals surface area contributed by atoms with Gasteiger partial charge in [0.15, 0.2) is 9.76 Å². The second kappa shape index (κ2) is 18.5. The minimum atomic E-state index is -0.242. The predicted octanol–water partition coefficient (Wildman–Crippen LogP) is 5.45. The summed E-state index contributed by atoms with van der Waals surface area (Å²) < 4.78 is 5.70. The minimum Gasteiger partial charge on any atom is -0.424 e. The van der Waals surface area contributed by atoms with Gasteiger partial charge in [-0.2, -0.15) is 0 Å². The highest BCUT2D eigenvalue weighted by atomic mass is 35.5. The van der Waals surface area contributed by atoms with Crippen molar-refractivity contribution in [3.05, 3.63) is 0 Å². The molecule has 0 radical (unpaired) electrons. The topological polar surface area (TPSA) is 9.23 Å². The fourth-order valence-electron chi connectivity index (χ4n) is 2.27. The van der Waals surface area contributed by atoms with Gasteiger partial charge >= 0.3 is 0 Å². The van der Waals surface area contributed by atoms with Crippen molar-refractivity contribution in [1.29, 1.82) is 0 Å². The van der Waals surface area contributed by atoms with Gasteiger partial charge in [0.05, 0.1) is 0 Å². The SMILES string of the molecule is CCCCCCCCCCCCCO[SiH2]CCCCl. The Labute approximate surface area is 128 Å². The van der Waals surface area contributed by atoms with Crippen molar-refractivity contribution in [2.75, 3.05) is 12.5 Å². The average Bonchev–Trinajstić information content (AvgIpc) is 2.43. The molecule has 0 aliphatic carbocycles. The van der Waals surface area contributed by atoms with E-state index < -0.39 is 0 Å². The third-order valence-electron chi connectivity index (χ3n) is 3.56. The molecule has 0 saturated carbocycles. The smallest absolute Gasteiger partial charge is 0.161 e. The van der Waals surface area contributed by atoms with Crippen LogP contribution in [0.4, 0.5) is 0 Å². The predicted molar refractivity (Wildman–Crippen MR) is 91.1 cm³/mol. The normalized spacial score (nSPS) is 11.7. The Kier molecular flexibility index (Phi) is 18.9. The van der Waals surface area contributed by atoms with Crippen LogP contribution in [0, 0.1) is 0 Å². The number of rotatable bonds is 16. The second-order valence-corrected chi connectivity index (χ2v) is 7.45. The first-order valence-corrected chi connectivity index (χ1v) is 10.7. The molecular weight excluding hydrogens is 272 g/mol. The molecule has 0 heterocycles. The van der Waals surface area contributed by atoms with E-state index >= 15 is 0 Å². The van der Waals surface area contributed by atoms with Crippen LogP contribution in [-0.2, 0) is 4.43 Å². The zero-order valence-corrected chi connectivity index (χ0v) is 15.3. The Hall–Kier alpha value is 0.467. The van der Waals surface area contributed by atoms with E-state index in [1.54, 1.807) is 0 Å². The molecule has 0 amide bonds. The van der Waals surface area contributed by atoms with Crippen LogP contribution in [0.15, 0.2) is 0 Å². The van der Waals surface area contributed by atoms with Gasteiger partial charge in [-0.05, 0) is 18.9 Å². The van der Waals surface area contributed by atoms with Crippen molar-refractivity contribution in [3.63, 3.8) is 0 Å². The molecular formula is C16H35ClOSi. The van der Waals surface area contributed by atoms with Gasteiger partial charge in [-0.3, -0.25) is 0 Å². The Morgan fingerprint density at radius 2 is 1.26 bits per heavy atom. The van der Waals surface area contributed by atoms with Gasteiger partial charge in [-0.25, -0.2) is 0 Å². The first-order chi connectivity index (χ1) is 9.41. The molecule has 19 heavy (non-hydrogen) atoms. The van der Waals surface area contributed by atoms with Gasteiger partial charge in [0.1, 0.15) is 0 Å². The number of hydrogen-bond donors (Lipinski definition) is 0. The molecule has 0 aliphatic heterocycles. The Morgan fingerprint density at radius 1 is 0.737 bits per heavy atom. The summed E-state index contributed by atoms with van der Waals surface area (Å²) >= 11 is 5.63. The molecule has 0 N–H and O–H groups in total. The van der Waals surface area contributed by atoms with E-state index in [1.807, 2.05) is 0 Å². The zero-order valence-electron chi connectivity index (χ0n) is 13.1. The molecule has 0 atom stereocenters. The lowest BCUT2D eigenvalue weighted by Gasteiger charge is -2.04. The van der Waals surface area contributed by atoms with Gasteiger partial charge in [0.25, 0.3) is 0 Å². The zero-order chi connectivity index (χ0) is 14.0. The summed E-state index contributed by atoms with van der Waals surface area (Å²) in [6, 6.07) is 1.25. The largest absolute Gasteiger partial charge is 0.424 e. The highest BCUT2D eigenvalue weighted by molar-refractivity contribution is 6.27. The van der Waals surface area contributed by atoms with E-state index in [2.05, 4.69) is 6.92 Å². The lowest BCUT2D eigenvalue weighted by Crippen LogP contribution is -2.00. The average molecular weight is 307 g/mol. The third kappa shape index (κ3) is 18.5. The van der Waals surface area contributed by atoms with Gasteiger partial charge in [-0.1, -0.05) is 71.1 Å². The monoisotopic (exact) mass is 306 g/mol. The lowest BCUT2D eigenvalue weighted by atomic mass is 10.1. The lowest BCUT2D eigenvalue weighted by molar-refractivity contribution is 0.319. The van der Waals surface area contributed by atoms with E-state index in [9.17, 15) is 0 Å². The maximum atomic E-state index is 5.70. The molecule has 0 aliphatic rings. The van der Waals surface area contributed by atoms with Crippen LogP contribution in [0.2, 0.25) is 6.04 Å². The maximum absolute atomic E-state index is 5.70. The van der Waals surface area contributed by atoms with E-state index in [4.69, 9.17) is 16.0 Å². The summed E-state index contributed by atoms with van der Waals surface area (Å²) in [6.45, 7) is 3.29. The third-order valence-corrected chi connectivity index (χ3v) is 5.20. The van der Waals surface area contributed by atoms with Crippen molar-refractivity contribution in [1.82, 2.24) is 0 Å². The summed E-state index contributed by atoms with van der Waals surface area (Å²) in [5.74, 6) is 0.800. The van der Waals surface area contributed by atoms with E-state index in [0.29, 0.717) is 0 Å². The van der Waals surface area contributed by atoms with Crippen molar-refractivity contribution in [2.45, 2.75) is 90.0 Å². The fourth-order valence-corrected chi connectivity index (χ4v) is 3.84. The van der Waals surface area contributed by atoms with Crippen LogP contribution in [-0.4, -0.2) is 22.3 Å². The standard InChI is InChI=1S/C16H35ClOSi/c1-2-3-4-5-6-7-8-9-10-11-12-15-18-19-16-13-14-17/h2-16,19H2,1H3. The minimum absolute atomic E-state index is 0.242. The second-order valence-electron chi connectivity index (χ2n) is 5.54. The van der Waals surface area contributed by atoms with Crippen molar-refractivity contribution < 1.29 is 4.43 Å². The molecule has 0 spiro atoms. The Balaban J connectivity index is 2.88. The van der Waals surface area contributed by atoms with E-state index in [-0.39, 0.29) is 9.76 Å². The van der Waals surface area contributed by atoms with Gasteiger partial charge < -0.3 is 4.43 Å². The quantitative estimate of drug-likeness (QED) is 0.209. The molecule has 1 nitrogen and oxygen atoms in total. The highest BCUT2D eigenvalue weighted by Crippen LogP contribution is 2.11. The molecule has 0 rings (SSSR count).